The summed E-state index contributed by atoms with van der Waals surface area (Å²) < 4.78 is 0. The van der Waals surface area contributed by atoms with Crippen LogP contribution in [-0.2, 0) is 6.54 Å². The van der Waals surface area contributed by atoms with E-state index < -0.39 is 0 Å². The van der Waals surface area contributed by atoms with E-state index in [1.165, 1.54) is 10.9 Å². The molecule has 0 unspecified atom stereocenters. The molecule has 0 bridgehead atoms. The van der Waals surface area contributed by atoms with Crippen LogP contribution in [0, 0.1) is 5.41 Å². The van der Waals surface area contributed by atoms with E-state index in [4.69, 9.17) is 5.11 Å². The maximum Gasteiger partial charge on any atom is 0.0702 e. The highest BCUT2D eigenvalue weighted by Gasteiger charge is 2.16. The fraction of sp³-hybridized carbons (Fsp3) is 0.438. The van der Waals surface area contributed by atoms with E-state index in [2.05, 4.69) is 48.4 Å². The SMILES string of the molecule is CC(C)(CCO)CNCc1ccc2ncccc2c1. The number of hydrogen-bond donors (Lipinski definition) is 2. The first-order valence-corrected chi connectivity index (χ1v) is 6.76. The summed E-state index contributed by atoms with van der Waals surface area (Å²) >= 11 is 0. The monoisotopic (exact) mass is 258 g/mol. The van der Waals surface area contributed by atoms with Gasteiger partial charge in [0.2, 0.25) is 0 Å². The van der Waals surface area contributed by atoms with E-state index in [0.717, 1.165) is 25.0 Å². The summed E-state index contributed by atoms with van der Waals surface area (Å²) in [6, 6.07) is 10.4. The molecule has 0 saturated carbocycles. The lowest BCUT2D eigenvalue weighted by Crippen LogP contribution is -2.29. The maximum atomic E-state index is 9.00. The molecule has 1 aromatic heterocycles. The number of rotatable bonds is 6. The van der Waals surface area contributed by atoms with E-state index in [9.17, 15) is 0 Å². The third kappa shape index (κ3) is 4.01. The molecule has 2 N–H and O–H groups in total. The van der Waals surface area contributed by atoms with E-state index in [0.29, 0.717) is 0 Å². The molecule has 0 spiro atoms. The van der Waals surface area contributed by atoms with Crippen LogP contribution in [0.4, 0.5) is 0 Å². The second-order valence-electron chi connectivity index (χ2n) is 5.77. The van der Waals surface area contributed by atoms with Gasteiger partial charge in [-0.15, -0.1) is 0 Å². The molecule has 1 aromatic carbocycles. The largest absolute Gasteiger partial charge is 0.396 e. The molecule has 0 aliphatic rings. The van der Waals surface area contributed by atoms with Crippen molar-refractivity contribution in [1.82, 2.24) is 10.3 Å². The number of benzene rings is 1. The fourth-order valence-corrected chi connectivity index (χ4v) is 2.17. The molecular formula is C16H22N2O. The highest BCUT2D eigenvalue weighted by atomic mass is 16.3. The lowest BCUT2D eigenvalue weighted by atomic mass is 9.90. The quantitative estimate of drug-likeness (QED) is 0.837. The minimum Gasteiger partial charge on any atom is -0.396 e. The van der Waals surface area contributed by atoms with Crippen molar-refractivity contribution >= 4 is 10.9 Å². The van der Waals surface area contributed by atoms with Crippen molar-refractivity contribution < 1.29 is 5.11 Å². The molecule has 2 rings (SSSR count). The summed E-state index contributed by atoms with van der Waals surface area (Å²) in [5, 5.41) is 13.6. The topological polar surface area (TPSA) is 45.1 Å². The number of fused-ring (bicyclic) bond motifs is 1. The number of aromatic nitrogens is 1. The number of aliphatic hydroxyl groups is 1. The van der Waals surface area contributed by atoms with Crippen LogP contribution in [-0.4, -0.2) is 23.2 Å². The van der Waals surface area contributed by atoms with Gasteiger partial charge in [0.05, 0.1) is 5.52 Å². The minimum absolute atomic E-state index is 0.132. The molecule has 0 aliphatic carbocycles. The first-order valence-electron chi connectivity index (χ1n) is 6.76. The Kier molecular flexibility index (Phi) is 4.51. The van der Waals surface area contributed by atoms with Crippen LogP contribution in [0.15, 0.2) is 36.5 Å². The van der Waals surface area contributed by atoms with E-state index in [1.54, 1.807) is 0 Å². The summed E-state index contributed by atoms with van der Waals surface area (Å²) in [7, 11) is 0. The summed E-state index contributed by atoms with van der Waals surface area (Å²) in [6.45, 7) is 6.33. The minimum atomic E-state index is 0.132. The van der Waals surface area contributed by atoms with Gasteiger partial charge in [0.1, 0.15) is 0 Å². The summed E-state index contributed by atoms with van der Waals surface area (Å²) in [4.78, 5) is 4.32. The third-order valence-corrected chi connectivity index (χ3v) is 3.39. The number of hydrogen-bond acceptors (Lipinski definition) is 3. The molecule has 102 valence electrons. The zero-order chi connectivity index (χ0) is 13.7. The summed E-state index contributed by atoms with van der Waals surface area (Å²) in [6.07, 6.45) is 2.64. The van der Waals surface area contributed by atoms with Crippen molar-refractivity contribution in [3.63, 3.8) is 0 Å². The van der Waals surface area contributed by atoms with Gasteiger partial charge in [0, 0.05) is 31.3 Å². The highest BCUT2D eigenvalue weighted by Crippen LogP contribution is 2.18. The second-order valence-corrected chi connectivity index (χ2v) is 5.77. The predicted molar refractivity (Wildman–Crippen MR) is 78.9 cm³/mol. The van der Waals surface area contributed by atoms with Gasteiger partial charge in [-0.25, -0.2) is 0 Å². The third-order valence-electron chi connectivity index (χ3n) is 3.39. The number of nitrogens with one attached hydrogen (secondary N) is 1. The van der Waals surface area contributed by atoms with Crippen molar-refractivity contribution in [2.45, 2.75) is 26.8 Å². The molecule has 1 heterocycles. The fourth-order valence-electron chi connectivity index (χ4n) is 2.17. The normalized spacial score (nSPS) is 11.9. The molecule has 19 heavy (non-hydrogen) atoms. The van der Waals surface area contributed by atoms with Gasteiger partial charge in [-0.1, -0.05) is 26.0 Å². The van der Waals surface area contributed by atoms with Crippen molar-refractivity contribution in [3.05, 3.63) is 42.1 Å². The Bertz CT molecular complexity index is 537. The van der Waals surface area contributed by atoms with Crippen LogP contribution in [0.2, 0.25) is 0 Å². The Morgan fingerprint density at radius 2 is 2.11 bits per heavy atom. The Hall–Kier alpha value is -1.45. The molecule has 0 atom stereocenters. The van der Waals surface area contributed by atoms with Gasteiger partial charge in [-0.2, -0.15) is 0 Å². The summed E-state index contributed by atoms with van der Waals surface area (Å²) in [5.41, 5.74) is 2.43. The zero-order valence-corrected chi connectivity index (χ0v) is 11.7. The van der Waals surface area contributed by atoms with Gasteiger partial charge in [0.25, 0.3) is 0 Å². The van der Waals surface area contributed by atoms with Crippen LogP contribution < -0.4 is 5.32 Å². The van der Waals surface area contributed by atoms with Gasteiger partial charge < -0.3 is 10.4 Å². The molecule has 3 heteroatoms. The standard InChI is InChI=1S/C16H22N2O/c1-16(2,7-9-19)12-17-11-13-5-6-15-14(10-13)4-3-8-18-15/h3-6,8,10,17,19H,7,9,11-12H2,1-2H3. The Labute approximate surface area is 114 Å². The maximum absolute atomic E-state index is 9.00. The van der Waals surface area contributed by atoms with E-state index in [-0.39, 0.29) is 12.0 Å². The second kappa shape index (κ2) is 6.13. The molecular weight excluding hydrogens is 236 g/mol. The molecule has 0 aliphatic heterocycles. The smallest absolute Gasteiger partial charge is 0.0702 e. The number of nitrogens with zero attached hydrogens (tertiary/aromatic N) is 1. The van der Waals surface area contributed by atoms with Gasteiger partial charge in [0.15, 0.2) is 0 Å². The number of aliphatic hydroxyl groups excluding tert-OH is 1. The van der Waals surface area contributed by atoms with Gasteiger partial charge in [-0.3, -0.25) is 4.98 Å². The Balaban J connectivity index is 1.95. The van der Waals surface area contributed by atoms with Gasteiger partial charge in [-0.05, 0) is 35.6 Å². The molecule has 0 saturated heterocycles. The Morgan fingerprint density at radius 1 is 1.26 bits per heavy atom. The van der Waals surface area contributed by atoms with Crippen LogP contribution in [0.3, 0.4) is 0 Å². The van der Waals surface area contributed by atoms with Crippen molar-refractivity contribution in [2.24, 2.45) is 5.41 Å². The van der Waals surface area contributed by atoms with Crippen LogP contribution in [0.5, 0.6) is 0 Å². The lowest BCUT2D eigenvalue weighted by Gasteiger charge is -2.24. The van der Waals surface area contributed by atoms with E-state index >= 15 is 0 Å². The van der Waals surface area contributed by atoms with E-state index in [1.807, 2.05) is 12.3 Å². The number of pyridine rings is 1. The average Bonchev–Trinajstić information content (AvgIpc) is 2.38. The zero-order valence-electron chi connectivity index (χ0n) is 11.7. The molecule has 0 radical (unpaired) electrons. The summed E-state index contributed by atoms with van der Waals surface area (Å²) in [5.74, 6) is 0. The highest BCUT2D eigenvalue weighted by molar-refractivity contribution is 5.78. The Morgan fingerprint density at radius 3 is 2.89 bits per heavy atom. The van der Waals surface area contributed by atoms with Crippen molar-refractivity contribution in [3.8, 4) is 0 Å². The van der Waals surface area contributed by atoms with Crippen molar-refractivity contribution in [2.75, 3.05) is 13.2 Å². The average molecular weight is 258 g/mol. The predicted octanol–water partition coefficient (Wildman–Crippen LogP) is 2.73. The van der Waals surface area contributed by atoms with Crippen LogP contribution >= 0.6 is 0 Å². The van der Waals surface area contributed by atoms with Crippen molar-refractivity contribution in [1.29, 1.82) is 0 Å². The molecule has 0 fully saturated rings. The van der Waals surface area contributed by atoms with Crippen LogP contribution in [0.25, 0.3) is 10.9 Å². The van der Waals surface area contributed by atoms with Crippen LogP contribution in [0.1, 0.15) is 25.8 Å². The van der Waals surface area contributed by atoms with Gasteiger partial charge >= 0.3 is 0 Å². The molecule has 3 nitrogen and oxygen atoms in total. The first-order chi connectivity index (χ1) is 9.11. The first kappa shape index (κ1) is 14.0. The molecule has 2 aromatic rings. The molecule has 0 amide bonds. The lowest BCUT2D eigenvalue weighted by molar-refractivity contribution is 0.207.